The van der Waals surface area contributed by atoms with Crippen LogP contribution in [0, 0.1) is 5.92 Å². The zero-order valence-electron chi connectivity index (χ0n) is 12.9. The lowest BCUT2D eigenvalue weighted by Crippen LogP contribution is -2.59. The number of nitrogens with zero attached hydrogens (tertiary/aromatic N) is 1. The minimum atomic E-state index is -0.506. The van der Waals surface area contributed by atoms with E-state index >= 15 is 0 Å². The Balaban J connectivity index is 1.77. The van der Waals surface area contributed by atoms with Gasteiger partial charge in [-0.1, -0.05) is 0 Å². The van der Waals surface area contributed by atoms with Crippen molar-refractivity contribution in [3.8, 4) is 0 Å². The third-order valence-corrected chi connectivity index (χ3v) is 4.10. The van der Waals surface area contributed by atoms with Crippen molar-refractivity contribution in [1.82, 2.24) is 10.2 Å². The molecule has 1 unspecified atom stereocenters. The molecule has 2 heterocycles. The van der Waals surface area contributed by atoms with E-state index in [1.165, 1.54) is 0 Å². The van der Waals surface area contributed by atoms with E-state index in [0.717, 1.165) is 38.8 Å². The maximum Gasteiger partial charge on any atom is 0.410 e. The Labute approximate surface area is 121 Å². The van der Waals surface area contributed by atoms with Gasteiger partial charge in [0.2, 0.25) is 0 Å². The minimum Gasteiger partial charge on any atom is -0.444 e. The normalized spacial score (nSPS) is 26.0. The van der Waals surface area contributed by atoms with Crippen molar-refractivity contribution in [2.75, 3.05) is 26.2 Å². The van der Waals surface area contributed by atoms with Crippen LogP contribution in [0.25, 0.3) is 0 Å². The highest BCUT2D eigenvalue weighted by Crippen LogP contribution is 2.27. The van der Waals surface area contributed by atoms with Gasteiger partial charge in [-0.2, -0.15) is 0 Å². The third-order valence-electron chi connectivity index (χ3n) is 4.10. The summed E-state index contributed by atoms with van der Waals surface area (Å²) in [6.45, 7) is 8.64. The number of rotatable bonds is 3. The summed E-state index contributed by atoms with van der Waals surface area (Å²) in [5.74, 6) is 0.487. The molecule has 1 amide bonds. The molecule has 0 aromatic carbocycles. The number of ether oxygens (including phenoxy) is 1. The van der Waals surface area contributed by atoms with Gasteiger partial charge in [0, 0.05) is 26.2 Å². The molecule has 2 aliphatic rings. The molecule has 2 rings (SSSR count). The van der Waals surface area contributed by atoms with Gasteiger partial charge >= 0.3 is 6.09 Å². The Kier molecular flexibility index (Phi) is 4.59. The van der Waals surface area contributed by atoms with E-state index in [2.05, 4.69) is 5.32 Å². The van der Waals surface area contributed by atoms with Crippen LogP contribution in [0.5, 0.6) is 0 Å². The van der Waals surface area contributed by atoms with Crippen LogP contribution >= 0.6 is 0 Å². The van der Waals surface area contributed by atoms with E-state index in [1.54, 1.807) is 0 Å². The fourth-order valence-corrected chi connectivity index (χ4v) is 2.86. The highest BCUT2D eigenvalue weighted by atomic mass is 16.6. The Morgan fingerprint density at radius 3 is 2.70 bits per heavy atom. The Morgan fingerprint density at radius 1 is 1.45 bits per heavy atom. The Hall–Kier alpha value is -0.810. The summed E-state index contributed by atoms with van der Waals surface area (Å²) in [5.41, 5.74) is -0.940. The molecular formula is C15H28N2O3. The number of carbonyl (C=O) groups is 1. The quantitative estimate of drug-likeness (QED) is 0.829. The molecule has 0 radical (unpaired) electrons. The number of nitrogens with one attached hydrogen (secondary N) is 1. The number of amides is 1. The van der Waals surface area contributed by atoms with E-state index in [1.807, 2.05) is 25.7 Å². The largest absolute Gasteiger partial charge is 0.444 e. The first-order valence-corrected chi connectivity index (χ1v) is 7.68. The van der Waals surface area contributed by atoms with Gasteiger partial charge < -0.3 is 20.1 Å². The van der Waals surface area contributed by atoms with Crippen molar-refractivity contribution >= 4 is 6.09 Å². The number of likely N-dealkylation sites (tertiary alicyclic amines) is 1. The molecule has 0 spiro atoms. The van der Waals surface area contributed by atoms with E-state index in [4.69, 9.17) is 4.74 Å². The fourth-order valence-electron chi connectivity index (χ4n) is 2.86. The number of hydrogen-bond donors (Lipinski definition) is 2. The zero-order valence-corrected chi connectivity index (χ0v) is 12.9. The molecule has 2 aliphatic heterocycles. The van der Waals surface area contributed by atoms with Crippen LogP contribution in [0.1, 0.15) is 46.5 Å². The second kappa shape index (κ2) is 5.90. The van der Waals surface area contributed by atoms with Crippen LogP contribution in [-0.4, -0.2) is 53.5 Å². The molecule has 0 aromatic heterocycles. The molecule has 1 atom stereocenters. The first-order chi connectivity index (χ1) is 9.27. The molecular weight excluding hydrogens is 256 g/mol. The lowest BCUT2D eigenvalue weighted by molar-refractivity contribution is -0.0255. The van der Waals surface area contributed by atoms with E-state index in [-0.39, 0.29) is 6.09 Å². The van der Waals surface area contributed by atoms with Crippen molar-refractivity contribution < 1.29 is 14.6 Å². The lowest BCUT2D eigenvalue weighted by Gasteiger charge is -2.40. The maximum absolute atomic E-state index is 12.1. The van der Waals surface area contributed by atoms with Crippen LogP contribution in [0.15, 0.2) is 0 Å². The minimum absolute atomic E-state index is 0.203. The number of piperidine rings is 1. The standard InChI is InChI=1S/C15H28N2O3/c1-14(2,3)20-13(18)17-8-4-5-12(9-17)6-7-15(19)10-16-11-15/h12,16,19H,4-11H2,1-3H3. The summed E-state index contributed by atoms with van der Waals surface area (Å²) in [4.78, 5) is 13.9. The smallest absolute Gasteiger partial charge is 0.410 e. The monoisotopic (exact) mass is 284 g/mol. The van der Waals surface area contributed by atoms with Gasteiger partial charge in [0.1, 0.15) is 5.60 Å². The summed E-state index contributed by atoms with van der Waals surface area (Å²) in [5, 5.41) is 13.2. The molecule has 116 valence electrons. The molecule has 20 heavy (non-hydrogen) atoms. The summed E-state index contributed by atoms with van der Waals surface area (Å²) in [7, 11) is 0. The molecule has 0 aromatic rings. The highest BCUT2D eigenvalue weighted by Gasteiger charge is 2.35. The molecule has 5 nitrogen and oxygen atoms in total. The predicted molar refractivity (Wildman–Crippen MR) is 77.6 cm³/mol. The van der Waals surface area contributed by atoms with Crippen LogP contribution in [-0.2, 0) is 4.74 Å². The number of β-amino-alcohol motifs (C(OH)–C–C–N with tert-alkyl or cyclic N) is 1. The van der Waals surface area contributed by atoms with Gasteiger partial charge in [0.05, 0.1) is 5.60 Å². The number of carbonyl (C=O) groups excluding carboxylic acids is 1. The summed E-state index contributed by atoms with van der Waals surface area (Å²) in [6, 6.07) is 0. The van der Waals surface area contributed by atoms with Gasteiger partial charge in [-0.3, -0.25) is 0 Å². The topological polar surface area (TPSA) is 61.8 Å². The van der Waals surface area contributed by atoms with Crippen molar-refractivity contribution in [3.05, 3.63) is 0 Å². The number of aliphatic hydroxyl groups is 1. The molecule has 0 saturated carbocycles. The van der Waals surface area contributed by atoms with E-state index in [9.17, 15) is 9.90 Å². The Morgan fingerprint density at radius 2 is 2.15 bits per heavy atom. The van der Waals surface area contributed by atoms with Gasteiger partial charge in [-0.05, 0) is 52.4 Å². The lowest BCUT2D eigenvalue weighted by atomic mass is 9.85. The molecule has 0 aliphatic carbocycles. The van der Waals surface area contributed by atoms with Gasteiger partial charge in [-0.25, -0.2) is 4.79 Å². The van der Waals surface area contributed by atoms with E-state index < -0.39 is 11.2 Å². The fraction of sp³-hybridized carbons (Fsp3) is 0.933. The molecule has 0 bridgehead atoms. The second-order valence-corrected chi connectivity index (χ2v) is 7.30. The van der Waals surface area contributed by atoms with Crippen LogP contribution in [0.2, 0.25) is 0 Å². The summed E-state index contributed by atoms with van der Waals surface area (Å²) < 4.78 is 5.43. The number of hydrogen-bond acceptors (Lipinski definition) is 4. The Bertz CT molecular complexity index is 348. The van der Waals surface area contributed by atoms with Crippen LogP contribution in [0.3, 0.4) is 0 Å². The third kappa shape index (κ3) is 4.35. The summed E-state index contributed by atoms with van der Waals surface area (Å²) >= 11 is 0. The first-order valence-electron chi connectivity index (χ1n) is 7.68. The average Bonchev–Trinajstić information content (AvgIpc) is 2.32. The van der Waals surface area contributed by atoms with Crippen molar-refractivity contribution in [1.29, 1.82) is 0 Å². The van der Waals surface area contributed by atoms with Gasteiger partial charge in [0.25, 0.3) is 0 Å². The van der Waals surface area contributed by atoms with Gasteiger partial charge in [-0.15, -0.1) is 0 Å². The molecule has 2 N–H and O–H groups in total. The van der Waals surface area contributed by atoms with Crippen molar-refractivity contribution in [2.45, 2.75) is 57.7 Å². The molecule has 2 fully saturated rings. The van der Waals surface area contributed by atoms with Gasteiger partial charge in [0.15, 0.2) is 0 Å². The van der Waals surface area contributed by atoms with Crippen LogP contribution in [0.4, 0.5) is 4.79 Å². The zero-order chi connectivity index (χ0) is 14.8. The maximum atomic E-state index is 12.1. The average molecular weight is 284 g/mol. The van der Waals surface area contributed by atoms with Crippen LogP contribution < -0.4 is 5.32 Å². The van der Waals surface area contributed by atoms with E-state index in [0.29, 0.717) is 19.0 Å². The second-order valence-electron chi connectivity index (χ2n) is 7.30. The molecule has 2 saturated heterocycles. The predicted octanol–water partition coefficient (Wildman–Crippen LogP) is 1.75. The SMILES string of the molecule is CC(C)(C)OC(=O)N1CCCC(CCC2(O)CNC2)C1. The van der Waals surface area contributed by atoms with Crippen molar-refractivity contribution in [2.24, 2.45) is 5.92 Å². The first kappa shape index (κ1) is 15.6. The summed E-state index contributed by atoms with van der Waals surface area (Å²) in [6.07, 6.45) is 3.78. The highest BCUT2D eigenvalue weighted by molar-refractivity contribution is 5.68. The van der Waals surface area contributed by atoms with Crippen molar-refractivity contribution in [3.63, 3.8) is 0 Å². The molecule has 5 heteroatoms.